The Morgan fingerprint density at radius 3 is 2.85 bits per heavy atom. The van der Waals surface area contributed by atoms with Crippen LogP contribution in [0.5, 0.6) is 0 Å². The highest BCUT2D eigenvalue weighted by Crippen LogP contribution is 2.40. The van der Waals surface area contributed by atoms with E-state index >= 15 is 0 Å². The zero-order valence-corrected chi connectivity index (χ0v) is 15.0. The second-order valence-electron chi connectivity index (χ2n) is 5.49. The minimum atomic E-state index is -0.580. The monoisotopic (exact) mass is 390 g/mol. The zero-order valence-electron chi connectivity index (χ0n) is 13.4. The van der Waals surface area contributed by atoms with Crippen molar-refractivity contribution in [1.82, 2.24) is 20.5 Å². The van der Waals surface area contributed by atoms with E-state index in [2.05, 4.69) is 20.5 Å². The summed E-state index contributed by atoms with van der Waals surface area (Å²) < 4.78 is 18.9. The summed E-state index contributed by atoms with van der Waals surface area (Å²) in [6.45, 7) is 1.85. The van der Waals surface area contributed by atoms with Crippen LogP contribution in [0.3, 0.4) is 0 Å². The van der Waals surface area contributed by atoms with Gasteiger partial charge in [-0.3, -0.25) is 4.99 Å². The third-order valence-electron chi connectivity index (χ3n) is 3.80. The smallest absolute Gasteiger partial charge is 0.313 e. The largest absolute Gasteiger partial charge is 0.404 e. The average molecular weight is 391 g/mol. The predicted molar refractivity (Wildman–Crippen MR) is 97.2 cm³/mol. The number of halogens is 2. The fourth-order valence-electron chi connectivity index (χ4n) is 2.69. The topological polar surface area (TPSA) is 102 Å². The number of anilines is 1. The number of nitrogens with zero attached hydrogens (tertiary/aromatic N) is 4. The first-order valence-electron chi connectivity index (χ1n) is 7.52. The number of nitrogens with two attached hydrogens (primary N) is 1. The van der Waals surface area contributed by atoms with Gasteiger partial charge in [-0.25, -0.2) is 9.37 Å². The van der Waals surface area contributed by atoms with Gasteiger partial charge in [0.25, 0.3) is 0 Å². The molecule has 2 aromatic heterocycles. The Bertz CT molecular complexity index is 1030. The second kappa shape index (κ2) is 6.50. The first kappa shape index (κ1) is 16.7. The van der Waals surface area contributed by atoms with Crippen LogP contribution in [-0.2, 0) is 0 Å². The normalized spacial score (nSPS) is 17.2. The first-order valence-corrected chi connectivity index (χ1v) is 8.78. The molecule has 1 aliphatic rings. The van der Waals surface area contributed by atoms with E-state index in [1.807, 2.05) is 12.3 Å². The molecular weight excluding hydrogens is 379 g/mol. The van der Waals surface area contributed by atoms with Crippen molar-refractivity contribution in [3.8, 4) is 0 Å². The molecule has 0 spiro atoms. The van der Waals surface area contributed by atoms with Gasteiger partial charge in [0.05, 0.1) is 5.57 Å². The first-order chi connectivity index (χ1) is 12.5. The van der Waals surface area contributed by atoms with Crippen molar-refractivity contribution in [3.05, 3.63) is 62.8 Å². The Morgan fingerprint density at radius 2 is 2.19 bits per heavy atom. The van der Waals surface area contributed by atoms with Gasteiger partial charge >= 0.3 is 6.01 Å². The summed E-state index contributed by atoms with van der Waals surface area (Å²) in [6, 6.07) is 3.52. The highest BCUT2D eigenvalue weighted by atomic mass is 35.5. The Balaban J connectivity index is 1.88. The summed E-state index contributed by atoms with van der Waals surface area (Å²) in [5, 5.41) is 13.7. The number of aromatic nitrogens is 3. The molecular formula is C16H12ClFN6OS. The molecule has 7 nitrogen and oxygen atoms in total. The Kier molecular flexibility index (Phi) is 4.17. The fourth-order valence-corrected chi connectivity index (χ4v) is 3.55. The standard InChI is InChI=1S/C16H12ClFN6OS/c1-7-11(14-23-24-16(19)25-14)12(9-3-2-8(18)6-10(9)17)22-13(21-7)15-20-4-5-26-15/h2-6,12H,1H3,(H2,19,24)(H,21,22). The highest BCUT2D eigenvalue weighted by Gasteiger charge is 2.31. The average Bonchev–Trinajstić information content (AvgIpc) is 3.26. The maximum atomic E-state index is 13.5. The van der Waals surface area contributed by atoms with E-state index in [0.29, 0.717) is 17.0 Å². The molecule has 1 aromatic carbocycles. The molecule has 10 heteroatoms. The third kappa shape index (κ3) is 2.95. The molecule has 0 fully saturated rings. The molecule has 1 atom stereocenters. The summed E-state index contributed by atoms with van der Waals surface area (Å²) in [6.07, 6.45) is 1.69. The van der Waals surface area contributed by atoms with Crippen molar-refractivity contribution in [3.63, 3.8) is 0 Å². The molecule has 0 saturated heterocycles. The molecule has 3 heterocycles. The van der Waals surface area contributed by atoms with Crippen LogP contribution in [0.15, 0.2) is 44.9 Å². The van der Waals surface area contributed by atoms with Gasteiger partial charge in [0.1, 0.15) is 11.9 Å². The number of rotatable bonds is 3. The lowest BCUT2D eigenvalue weighted by Gasteiger charge is -2.25. The molecule has 1 aliphatic heterocycles. The van der Waals surface area contributed by atoms with Crippen LogP contribution in [0.1, 0.15) is 29.4 Å². The summed E-state index contributed by atoms with van der Waals surface area (Å²) >= 11 is 7.73. The number of thiazole rings is 1. The molecule has 3 aromatic rings. The minimum absolute atomic E-state index is 0.0565. The molecule has 132 valence electrons. The van der Waals surface area contributed by atoms with Crippen LogP contribution >= 0.6 is 22.9 Å². The van der Waals surface area contributed by atoms with Crippen molar-refractivity contribution in [2.45, 2.75) is 13.0 Å². The highest BCUT2D eigenvalue weighted by molar-refractivity contribution is 7.11. The van der Waals surface area contributed by atoms with Gasteiger partial charge in [-0.05, 0) is 19.1 Å². The van der Waals surface area contributed by atoms with Gasteiger partial charge in [-0.15, -0.1) is 16.4 Å². The Hall–Kier alpha value is -2.78. The Morgan fingerprint density at radius 1 is 1.35 bits per heavy atom. The van der Waals surface area contributed by atoms with Crippen molar-refractivity contribution in [2.24, 2.45) is 4.99 Å². The number of benzene rings is 1. The van der Waals surface area contributed by atoms with Gasteiger partial charge < -0.3 is 15.5 Å². The van der Waals surface area contributed by atoms with E-state index in [0.717, 1.165) is 10.7 Å². The van der Waals surface area contributed by atoms with Crippen LogP contribution in [0, 0.1) is 5.82 Å². The number of nitrogens with one attached hydrogen (secondary N) is 1. The van der Waals surface area contributed by atoms with E-state index in [4.69, 9.17) is 26.7 Å². The van der Waals surface area contributed by atoms with Crippen molar-refractivity contribution >= 4 is 40.4 Å². The number of aliphatic imine (C=N–C) groups is 1. The minimum Gasteiger partial charge on any atom is -0.404 e. The van der Waals surface area contributed by atoms with E-state index in [-0.39, 0.29) is 16.9 Å². The maximum absolute atomic E-state index is 13.5. The number of allylic oxidation sites excluding steroid dienone is 1. The van der Waals surface area contributed by atoms with Gasteiger partial charge in [-0.1, -0.05) is 22.8 Å². The van der Waals surface area contributed by atoms with Crippen LogP contribution in [0.25, 0.3) is 5.57 Å². The summed E-state index contributed by atoms with van der Waals surface area (Å²) in [5.74, 6) is 0.375. The molecule has 26 heavy (non-hydrogen) atoms. The molecule has 0 radical (unpaired) electrons. The van der Waals surface area contributed by atoms with E-state index in [1.165, 1.54) is 23.5 Å². The molecule has 0 aliphatic carbocycles. The molecule has 3 N–H and O–H groups in total. The Labute approximate surface area is 156 Å². The summed E-state index contributed by atoms with van der Waals surface area (Å²) in [5.41, 5.74) is 7.52. The summed E-state index contributed by atoms with van der Waals surface area (Å²) in [4.78, 5) is 9.00. The molecule has 0 bridgehead atoms. The molecule has 0 saturated carbocycles. The van der Waals surface area contributed by atoms with Crippen molar-refractivity contribution in [2.75, 3.05) is 5.73 Å². The number of hydrogen-bond donors (Lipinski definition) is 2. The van der Waals surface area contributed by atoms with Crippen LogP contribution < -0.4 is 11.1 Å². The quantitative estimate of drug-likeness (QED) is 0.710. The lowest BCUT2D eigenvalue weighted by molar-refractivity contribution is 0.550. The summed E-state index contributed by atoms with van der Waals surface area (Å²) in [7, 11) is 0. The van der Waals surface area contributed by atoms with Gasteiger partial charge in [0.2, 0.25) is 5.89 Å². The van der Waals surface area contributed by atoms with Gasteiger partial charge in [-0.2, -0.15) is 0 Å². The predicted octanol–water partition coefficient (Wildman–Crippen LogP) is 3.42. The van der Waals surface area contributed by atoms with E-state index < -0.39 is 11.9 Å². The van der Waals surface area contributed by atoms with Gasteiger partial charge in [0, 0.05) is 27.9 Å². The third-order valence-corrected chi connectivity index (χ3v) is 4.91. The van der Waals surface area contributed by atoms with Crippen molar-refractivity contribution < 1.29 is 8.81 Å². The number of hydrogen-bond acceptors (Lipinski definition) is 8. The molecule has 1 unspecified atom stereocenters. The SMILES string of the molecule is CC1=C(c2nnc(N)o2)C(c2ccc(F)cc2Cl)N=C(c2nccs2)N1. The van der Waals surface area contributed by atoms with Crippen LogP contribution in [0.4, 0.5) is 10.4 Å². The lowest BCUT2D eigenvalue weighted by Crippen LogP contribution is -2.29. The molecule has 4 rings (SSSR count). The second-order valence-corrected chi connectivity index (χ2v) is 6.79. The van der Waals surface area contributed by atoms with Crippen molar-refractivity contribution in [1.29, 1.82) is 0 Å². The van der Waals surface area contributed by atoms with Crippen LogP contribution in [0.2, 0.25) is 5.02 Å². The fraction of sp³-hybridized carbons (Fsp3) is 0.125. The number of nitrogen functional groups attached to an aromatic ring is 1. The molecule has 0 amide bonds. The van der Waals surface area contributed by atoms with Crippen LogP contribution in [-0.4, -0.2) is 21.0 Å². The van der Waals surface area contributed by atoms with Gasteiger partial charge in [0.15, 0.2) is 10.8 Å². The zero-order chi connectivity index (χ0) is 18.3. The maximum Gasteiger partial charge on any atom is 0.313 e. The van der Waals surface area contributed by atoms with E-state index in [1.54, 1.807) is 12.3 Å². The van der Waals surface area contributed by atoms with E-state index in [9.17, 15) is 4.39 Å². The lowest BCUT2D eigenvalue weighted by atomic mass is 9.96. The number of amidine groups is 1.